The number of aromatic nitrogens is 3. The molecule has 2 rings (SSSR count). The fraction of sp³-hybridized carbons (Fsp3) is 0.786. The number of nitrogens with zero attached hydrogens (tertiary/aromatic N) is 3. The molecular weight excluding hydrogens is 254 g/mol. The fourth-order valence-electron chi connectivity index (χ4n) is 2.55. The number of ether oxygens (including phenoxy) is 1. The maximum atomic E-state index is 5.48. The molecule has 0 aromatic carbocycles. The highest BCUT2D eigenvalue weighted by Gasteiger charge is 2.21. The van der Waals surface area contributed by atoms with Crippen molar-refractivity contribution in [3.63, 3.8) is 0 Å². The molecule has 2 atom stereocenters. The van der Waals surface area contributed by atoms with Crippen LogP contribution in [-0.2, 0) is 0 Å². The Hall–Kier alpha value is -1.59. The Bertz CT molecular complexity index is 426. The van der Waals surface area contributed by atoms with Crippen molar-refractivity contribution < 1.29 is 4.74 Å². The van der Waals surface area contributed by atoms with Crippen molar-refractivity contribution in [3.05, 3.63) is 0 Å². The molecule has 2 N–H and O–H groups in total. The predicted octanol–water partition coefficient (Wildman–Crippen LogP) is 2.55. The molecule has 1 aromatic heterocycles. The van der Waals surface area contributed by atoms with E-state index in [4.69, 9.17) is 4.74 Å². The molecule has 0 saturated heterocycles. The molecule has 0 spiro atoms. The maximum absolute atomic E-state index is 5.48. The van der Waals surface area contributed by atoms with Gasteiger partial charge in [-0.15, -0.1) is 0 Å². The van der Waals surface area contributed by atoms with E-state index >= 15 is 0 Å². The lowest BCUT2D eigenvalue weighted by Crippen LogP contribution is -2.15. The van der Waals surface area contributed by atoms with Gasteiger partial charge in [-0.25, -0.2) is 0 Å². The standard InChI is InChI=1S/C14H25N5O/c1-4-7-20-14-18-12(15-3)17-13(19-14)16-9-11-6-5-10(2)8-11/h10-11H,4-9H2,1-3H3,(H2,15,16,17,18,19). The molecule has 0 radical (unpaired) electrons. The summed E-state index contributed by atoms with van der Waals surface area (Å²) in [5.41, 5.74) is 0. The number of nitrogens with one attached hydrogen (secondary N) is 2. The van der Waals surface area contributed by atoms with Gasteiger partial charge in [0.15, 0.2) is 0 Å². The van der Waals surface area contributed by atoms with Crippen molar-refractivity contribution in [3.8, 4) is 6.01 Å². The Labute approximate surface area is 120 Å². The summed E-state index contributed by atoms with van der Waals surface area (Å²) in [6.45, 7) is 5.91. The van der Waals surface area contributed by atoms with E-state index in [-0.39, 0.29) is 0 Å². The molecule has 6 nitrogen and oxygen atoms in total. The third-order valence-corrected chi connectivity index (χ3v) is 3.63. The highest BCUT2D eigenvalue weighted by atomic mass is 16.5. The Morgan fingerprint density at radius 2 is 2.00 bits per heavy atom. The van der Waals surface area contributed by atoms with Crippen LogP contribution in [0.5, 0.6) is 6.01 Å². The number of rotatable bonds is 7. The van der Waals surface area contributed by atoms with Crippen LogP contribution < -0.4 is 15.4 Å². The topological polar surface area (TPSA) is 72.0 Å². The van der Waals surface area contributed by atoms with Gasteiger partial charge in [0.1, 0.15) is 0 Å². The molecule has 1 aliphatic carbocycles. The van der Waals surface area contributed by atoms with Gasteiger partial charge >= 0.3 is 6.01 Å². The third-order valence-electron chi connectivity index (χ3n) is 3.63. The zero-order valence-corrected chi connectivity index (χ0v) is 12.6. The van der Waals surface area contributed by atoms with Gasteiger partial charge in [-0.1, -0.05) is 20.3 Å². The second kappa shape index (κ2) is 7.26. The molecule has 0 amide bonds. The molecule has 112 valence electrons. The molecule has 20 heavy (non-hydrogen) atoms. The van der Waals surface area contributed by atoms with E-state index in [1.54, 1.807) is 7.05 Å². The van der Waals surface area contributed by atoms with E-state index in [2.05, 4.69) is 39.4 Å². The summed E-state index contributed by atoms with van der Waals surface area (Å²) in [5, 5.41) is 6.25. The van der Waals surface area contributed by atoms with Crippen LogP contribution in [-0.4, -0.2) is 35.2 Å². The normalized spacial score (nSPS) is 21.8. The van der Waals surface area contributed by atoms with Gasteiger partial charge in [0.05, 0.1) is 6.61 Å². The van der Waals surface area contributed by atoms with Crippen LogP contribution in [0.4, 0.5) is 11.9 Å². The Kier molecular flexibility index (Phi) is 5.38. The minimum atomic E-state index is 0.383. The minimum absolute atomic E-state index is 0.383. The summed E-state index contributed by atoms with van der Waals surface area (Å²) in [6, 6.07) is 0.383. The first-order chi connectivity index (χ1) is 9.71. The van der Waals surface area contributed by atoms with Crippen LogP contribution in [0.3, 0.4) is 0 Å². The average molecular weight is 279 g/mol. The number of hydrogen-bond donors (Lipinski definition) is 2. The minimum Gasteiger partial charge on any atom is -0.463 e. The molecule has 0 bridgehead atoms. The summed E-state index contributed by atoms with van der Waals surface area (Å²) in [5.74, 6) is 2.69. The van der Waals surface area contributed by atoms with Gasteiger partial charge in [-0.3, -0.25) is 0 Å². The molecule has 1 aliphatic rings. The molecule has 1 fully saturated rings. The van der Waals surface area contributed by atoms with Gasteiger partial charge in [0, 0.05) is 13.6 Å². The SMILES string of the molecule is CCCOc1nc(NC)nc(NCC2CCC(C)C2)n1. The van der Waals surface area contributed by atoms with E-state index < -0.39 is 0 Å². The largest absolute Gasteiger partial charge is 0.463 e. The number of anilines is 2. The van der Waals surface area contributed by atoms with E-state index in [0.717, 1.165) is 24.8 Å². The molecule has 1 heterocycles. The maximum Gasteiger partial charge on any atom is 0.323 e. The monoisotopic (exact) mass is 279 g/mol. The summed E-state index contributed by atoms with van der Waals surface area (Å²) in [6.07, 6.45) is 4.84. The van der Waals surface area contributed by atoms with Crippen molar-refractivity contribution in [2.75, 3.05) is 30.8 Å². The second-order valence-corrected chi connectivity index (χ2v) is 5.53. The lowest BCUT2D eigenvalue weighted by atomic mass is 10.1. The van der Waals surface area contributed by atoms with Crippen molar-refractivity contribution in [2.24, 2.45) is 11.8 Å². The lowest BCUT2D eigenvalue weighted by molar-refractivity contribution is 0.292. The molecule has 1 aromatic rings. The van der Waals surface area contributed by atoms with Crippen LogP contribution in [0.1, 0.15) is 39.5 Å². The molecule has 0 aliphatic heterocycles. The first kappa shape index (κ1) is 14.8. The first-order valence-electron chi connectivity index (χ1n) is 7.51. The Morgan fingerprint density at radius 3 is 2.65 bits per heavy atom. The molecule has 1 saturated carbocycles. The van der Waals surface area contributed by atoms with Gasteiger partial charge in [-0.2, -0.15) is 15.0 Å². The first-order valence-corrected chi connectivity index (χ1v) is 7.51. The van der Waals surface area contributed by atoms with Gasteiger partial charge in [0.2, 0.25) is 11.9 Å². The Balaban J connectivity index is 1.95. The van der Waals surface area contributed by atoms with Gasteiger partial charge < -0.3 is 15.4 Å². The third kappa shape index (κ3) is 4.21. The Morgan fingerprint density at radius 1 is 1.20 bits per heavy atom. The summed E-state index contributed by atoms with van der Waals surface area (Å²) >= 11 is 0. The highest BCUT2D eigenvalue weighted by molar-refractivity contribution is 5.35. The van der Waals surface area contributed by atoms with E-state index in [1.807, 2.05) is 0 Å². The van der Waals surface area contributed by atoms with Crippen LogP contribution >= 0.6 is 0 Å². The highest BCUT2D eigenvalue weighted by Crippen LogP contribution is 2.30. The quantitative estimate of drug-likeness (QED) is 0.799. The van der Waals surface area contributed by atoms with Crippen LogP contribution in [0.2, 0.25) is 0 Å². The summed E-state index contributed by atoms with van der Waals surface area (Å²) in [4.78, 5) is 12.8. The summed E-state index contributed by atoms with van der Waals surface area (Å²) in [7, 11) is 1.79. The van der Waals surface area contributed by atoms with Crippen LogP contribution in [0.15, 0.2) is 0 Å². The van der Waals surface area contributed by atoms with E-state index in [1.165, 1.54) is 19.3 Å². The van der Waals surface area contributed by atoms with Crippen molar-refractivity contribution >= 4 is 11.9 Å². The van der Waals surface area contributed by atoms with E-state index in [0.29, 0.717) is 24.5 Å². The van der Waals surface area contributed by atoms with Crippen molar-refractivity contribution in [1.82, 2.24) is 15.0 Å². The van der Waals surface area contributed by atoms with Crippen molar-refractivity contribution in [1.29, 1.82) is 0 Å². The smallest absolute Gasteiger partial charge is 0.323 e. The van der Waals surface area contributed by atoms with Gasteiger partial charge in [0.25, 0.3) is 0 Å². The lowest BCUT2D eigenvalue weighted by Gasteiger charge is -2.12. The zero-order valence-electron chi connectivity index (χ0n) is 12.6. The average Bonchev–Trinajstić information content (AvgIpc) is 2.88. The van der Waals surface area contributed by atoms with Crippen molar-refractivity contribution in [2.45, 2.75) is 39.5 Å². The zero-order chi connectivity index (χ0) is 14.4. The van der Waals surface area contributed by atoms with E-state index in [9.17, 15) is 0 Å². The predicted molar refractivity (Wildman–Crippen MR) is 80.2 cm³/mol. The molecular formula is C14H25N5O. The van der Waals surface area contributed by atoms with Crippen LogP contribution in [0.25, 0.3) is 0 Å². The number of hydrogen-bond acceptors (Lipinski definition) is 6. The summed E-state index contributed by atoms with van der Waals surface area (Å²) < 4.78 is 5.48. The van der Waals surface area contributed by atoms with Crippen LogP contribution in [0, 0.1) is 11.8 Å². The molecule has 6 heteroatoms. The molecule has 2 unspecified atom stereocenters. The second-order valence-electron chi connectivity index (χ2n) is 5.53. The fourth-order valence-corrected chi connectivity index (χ4v) is 2.55. The van der Waals surface area contributed by atoms with Gasteiger partial charge in [-0.05, 0) is 31.1 Å².